The predicted molar refractivity (Wildman–Crippen MR) is 160 cm³/mol. The minimum absolute atomic E-state index is 0.0155. The minimum atomic E-state index is -0.0478. The zero-order chi connectivity index (χ0) is 28.1. The number of para-hydroxylation sites is 1. The smallest absolute Gasteiger partial charge is 0.273 e. The number of carbonyl (C=O) groups is 2. The van der Waals surface area contributed by atoms with E-state index in [1.807, 2.05) is 57.6 Å². The lowest BCUT2D eigenvalue weighted by Gasteiger charge is -2.42. The van der Waals surface area contributed by atoms with Gasteiger partial charge in [-0.05, 0) is 56.2 Å². The first-order valence-electron chi connectivity index (χ1n) is 15.0. The summed E-state index contributed by atoms with van der Waals surface area (Å²) < 4.78 is 12.5. The molecule has 2 amide bonds. The summed E-state index contributed by atoms with van der Waals surface area (Å²) in [6.07, 6.45) is 7.54. The third-order valence-electron chi connectivity index (χ3n) is 8.93. The maximum Gasteiger partial charge on any atom is 0.273 e. The normalized spacial score (nSPS) is 21.6. The molecule has 0 aliphatic carbocycles. The van der Waals surface area contributed by atoms with E-state index in [1.54, 1.807) is 11.3 Å². The summed E-state index contributed by atoms with van der Waals surface area (Å²) in [5.74, 6) is 0.710. The third kappa shape index (κ3) is 6.49. The average molecular weight is 574 g/mol. The molecule has 2 saturated heterocycles. The summed E-state index contributed by atoms with van der Waals surface area (Å²) in [5.41, 5.74) is 2.33. The predicted octanol–water partition coefficient (Wildman–Crippen LogP) is 5.84. The van der Waals surface area contributed by atoms with Crippen molar-refractivity contribution in [1.82, 2.24) is 14.8 Å². The van der Waals surface area contributed by atoms with E-state index < -0.39 is 0 Å². The van der Waals surface area contributed by atoms with Crippen LogP contribution in [0, 0.1) is 5.41 Å². The van der Waals surface area contributed by atoms with Crippen molar-refractivity contribution in [3.8, 4) is 5.75 Å². The molecule has 3 aromatic rings. The van der Waals surface area contributed by atoms with Crippen molar-refractivity contribution in [2.45, 2.75) is 57.4 Å². The van der Waals surface area contributed by atoms with Gasteiger partial charge in [-0.1, -0.05) is 48.9 Å². The van der Waals surface area contributed by atoms with Crippen LogP contribution in [0.25, 0.3) is 0 Å². The Morgan fingerprint density at radius 2 is 1.78 bits per heavy atom. The molecule has 0 radical (unpaired) electrons. The zero-order valence-corrected chi connectivity index (χ0v) is 24.4. The highest BCUT2D eigenvalue weighted by Crippen LogP contribution is 2.39. The Kier molecular flexibility index (Phi) is 8.67. The molecule has 3 aliphatic heterocycles. The monoisotopic (exact) mass is 573 g/mol. The standard InChI is InChI=1S/C33H39N3O4S/c37-31-27-12-4-5-13-29(27)40-24-33(14-6-7-20-39-22-26-11-8-17-36(26)31)15-18-35(19-16-33)32(38)28-23-41-30(34-28)21-25-9-2-1-3-10-25/h1-5,9-10,12-13,23,26H,6-8,11,14-22,24H2/t26-/m0/s1. The van der Waals surface area contributed by atoms with Gasteiger partial charge in [0.15, 0.2) is 0 Å². The maximum atomic E-state index is 13.6. The molecule has 8 heteroatoms. The molecule has 41 heavy (non-hydrogen) atoms. The molecule has 0 unspecified atom stereocenters. The molecular weight excluding hydrogens is 534 g/mol. The number of fused-ring (bicyclic) bond motifs is 2. The number of amides is 2. The van der Waals surface area contributed by atoms with E-state index >= 15 is 0 Å². The van der Waals surface area contributed by atoms with Crippen molar-refractivity contribution in [1.29, 1.82) is 0 Å². The Bertz CT molecular complexity index is 1340. The number of rotatable bonds is 3. The van der Waals surface area contributed by atoms with Crippen LogP contribution in [-0.4, -0.2) is 72.1 Å². The van der Waals surface area contributed by atoms with E-state index in [0.717, 1.165) is 62.9 Å². The molecule has 4 heterocycles. The van der Waals surface area contributed by atoms with E-state index in [9.17, 15) is 9.59 Å². The molecule has 2 fully saturated rings. The fourth-order valence-corrected chi connectivity index (χ4v) is 7.23. The first-order valence-corrected chi connectivity index (χ1v) is 15.9. The van der Waals surface area contributed by atoms with Crippen LogP contribution in [0.15, 0.2) is 60.0 Å². The number of benzene rings is 2. The van der Waals surface area contributed by atoms with Crippen LogP contribution in [0.5, 0.6) is 5.75 Å². The number of aromatic nitrogens is 1. The summed E-state index contributed by atoms with van der Waals surface area (Å²) >= 11 is 1.55. The summed E-state index contributed by atoms with van der Waals surface area (Å²) in [5, 5.41) is 2.86. The van der Waals surface area contributed by atoms with Crippen LogP contribution in [-0.2, 0) is 11.2 Å². The lowest BCUT2D eigenvalue weighted by molar-refractivity contribution is 0.0301. The van der Waals surface area contributed by atoms with Gasteiger partial charge in [0.25, 0.3) is 11.8 Å². The third-order valence-corrected chi connectivity index (χ3v) is 9.77. The van der Waals surface area contributed by atoms with Gasteiger partial charge in [0, 0.05) is 43.5 Å². The lowest BCUT2D eigenvalue weighted by atomic mass is 9.75. The molecule has 0 saturated carbocycles. The molecule has 1 spiro atoms. The van der Waals surface area contributed by atoms with Gasteiger partial charge in [-0.3, -0.25) is 9.59 Å². The van der Waals surface area contributed by atoms with Gasteiger partial charge in [-0.25, -0.2) is 4.98 Å². The van der Waals surface area contributed by atoms with Gasteiger partial charge in [0.05, 0.1) is 29.8 Å². The number of thiazole rings is 1. The highest BCUT2D eigenvalue weighted by Gasteiger charge is 2.38. The Morgan fingerprint density at radius 1 is 0.976 bits per heavy atom. The van der Waals surface area contributed by atoms with E-state index in [2.05, 4.69) is 17.1 Å². The van der Waals surface area contributed by atoms with Crippen LogP contribution < -0.4 is 4.74 Å². The van der Waals surface area contributed by atoms with Crippen molar-refractivity contribution >= 4 is 23.2 Å². The molecule has 1 atom stereocenters. The van der Waals surface area contributed by atoms with Gasteiger partial charge < -0.3 is 19.3 Å². The first kappa shape index (κ1) is 27.9. The number of nitrogens with zero attached hydrogens (tertiary/aromatic N) is 3. The fraction of sp³-hybridized carbons (Fsp3) is 0.485. The molecule has 6 rings (SSSR count). The molecule has 216 valence electrons. The average Bonchev–Trinajstić information content (AvgIpc) is 3.68. The zero-order valence-electron chi connectivity index (χ0n) is 23.6. The molecule has 0 bridgehead atoms. The SMILES string of the molecule is O=C(c1csc(Cc2ccccc2)n1)N1CCC2(CCCCOC[C@@H]3CCCN3C(=O)c3ccccc3OC2)CC1. The van der Waals surface area contributed by atoms with E-state index in [0.29, 0.717) is 49.9 Å². The quantitative estimate of drug-likeness (QED) is 0.394. The lowest BCUT2D eigenvalue weighted by Crippen LogP contribution is -2.46. The maximum absolute atomic E-state index is 13.6. The Hall–Kier alpha value is -3.23. The number of carbonyl (C=O) groups excluding carboxylic acids is 2. The second-order valence-corrected chi connectivity index (χ2v) is 12.6. The van der Waals surface area contributed by atoms with E-state index in [-0.39, 0.29) is 23.3 Å². The van der Waals surface area contributed by atoms with Crippen LogP contribution in [0.1, 0.15) is 76.4 Å². The summed E-state index contributed by atoms with van der Waals surface area (Å²) in [7, 11) is 0. The largest absolute Gasteiger partial charge is 0.492 e. The Labute approximate surface area is 246 Å². The van der Waals surface area contributed by atoms with Gasteiger partial charge in [-0.15, -0.1) is 11.3 Å². The second kappa shape index (κ2) is 12.7. The number of hydrogen-bond acceptors (Lipinski definition) is 6. The molecule has 7 nitrogen and oxygen atoms in total. The minimum Gasteiger partial charge on any atom is -0.492 e. The molecule has 2 aromatic carbocycles. The van der Waals surface area contributed by atoms with Crippen LogP contribution in [0.2, 0.25) is 0 Å². The van der Waals surface area contributed by atoms with Crippen molar-refractivity contribution in [3.63, 3.8) is 0 Å². The van der Waals surface area contributed by atoms with Gasteiger partial charge >= 0.3 is 0 Å². The molecule has 3 aliphatic rings. The van der Waals surface area contributed by atoms with Crippen LogP contribution >= 0.6 is 11.3 Å². The summed E-state index contributed by atoms with van der Waals surface area (Å²) in [4.78, 5) is 35.5. The number of piperidine rings is 1. The van der Waals surface area contributed by atoms with Crippen molar-refractivity contribution in [3.05, 3.63) is 81.8 Å². The topological polar surface area (TPSA) is 72.0 Å². The first-order chi connectivity index (χ1) is 20.1. The number of ether oxygens (including phenoxy) is 2. The highest BCUT2D eigenvalue weighted by atomic mass is 32.1. The number of likely N-dealkylation sites (tertiary alicyclic amines) is 1. The number of hydrogen-bond donors (Lipinski definition) is 0. The fourth-order valence-electron chi connectivity index (χ4n) is 6.43. The summed E-state index contributed by atoms with van der Waals surface area (Å²) in [6, 6.07) is 18.0. The summed E-state index contributed by atoms with van der Waals surface area (Å²) in [6.45, 7) is 3.98. The highest BCUT2D eigenvalue weighted by molar-refractivity contribution is 7.09. The van der Waals surface area contributed by atoms with Gasteiger partial charge in [-0.2, -0.15) is 0 Å². The van der Waals surface area contributed by atoms with Crippen molar-refractivity contribution in [2.75, 3.05) is 39.5 Å². The van der Waals surface area contributed by atoms with Gasteiger partial charge in [0.1, 0.15) is 11.4 Å². The Balaban J connectivity index is 1.13. The second-order valence-electron chi connectivity index (χ2n) is 11.7. The Morgan fingerprint density at radius 3 is 2.63 bits per heavy atom. The van der Waals surface area contributed by atoms with E-state index in [4.69, 9.17) is 9.47 Å². The van der Waals surface area contributed by atoms with Crippen LogP contribution in [0.3, 0.4) is 0 Å². The van der Waals surface area contributed by atoms with Crippen molar-refractivity contribution in [2.24, 2.45) is 5.41 Å². The molecule has 0 N–H and O–H groups in total. The molecular formula is C33H39N3O4S. The van der Waals surface area contributed by atoms with Gasteiger partial charge in [0.2, 0.25) is 0 Å². The van der Waals surface area contributed by atoms with E-state index in [1.165, 1.54) is 5.56 Å². The van der Waals surface area contributed by atoms with Crippen LogP contribution in [0.4, 0.5) is 0 Å². The molecule has 1 aromatic heterocycles. The van der Waals surface area contributed by atoms with Crippen molar-refractivity contribution < 1.29 is 19.1 Å².